The fourth-order valence-corrected chi connectivity index (χ4v) is 4.56. The number of ether oxygens (including phenoxy) is 1. The van der Waals surface area contributed by atoms with Gasteiger partial charge in [-0.05, 0) is 72.1 Å². The maximum atomic E-state index is 12.9. The Hall–Kier alpha value is -1.63. The zero-order chi connectivity index (χ0) is 18.8. The third kappa shape index (κ3) is 3.87. The summed E-state index contributed by atoms with van der Waals surface area (Å²) in [7, 11) is 0. The molecule has 0 radical (unpaired) electrons. The summed E-state index contributed by atoms with van der Waals surface area (Å²) in [5, 5.41) is 0. The number of aryl methyl sites for hydroxylation is 2. The number of hydrogen-bond acceptors (Lipinski definition) is 4. The van der Waals surface area contributed by atoms with E-state index >= 15 is 0 Å². The molecule has 0 aliphatic carbocycles. The summed E-state index contributed by atoms with van der Waals surface area (Å²) in [5.41, 5.74) is 3.95. The van der Waals surface area contributed by atoms with Gasteiger partial charge in [0.25, 0.3) is 5.91 Å². The number of carbonyl (C=O) groups is 1. The molecule has 0 unspecified atom stereocenters. The number of benzene rings is 2. The Morgan fingerprint density at radius 3 is 2.65 bits per heavy atom. The van der Waals surface area contributed by atoms with E-state index in [1.54, 1.807) is 4.90 Å². The molecule has 0 saturated carbocycles. The molecule has 134 valence electrons. The maximum absolute atomic E-state index is 12.9. The van der Waals surface area contributed by atoms with Crippen molar-refractivity contribution in [2.24, 2.45) is 0 Å². The number of hydrogen-bond donors (Lipinski definition) is 0. The van der Waals surface area contributed by atoms with Crippen molar-refractivity contribution in [3.63, 3.8) is 0 Å². The molecule has 0 atom stereocenters. The third-order valence-electron chi connectivity index (χ3n) is 3.94. The number of rotatable bonds is 4. The van der Waals surface area contributed by atoms with Gasteiger partial charge < -0.3 is 4.74 Å². The lowest BCUT2D eigenvalue weighted by molar-refractivity contribution is -0.113. The SMILES string of the molecule is CCOc1ccc(/C=C2/SC(=S)N(c3ccc(C)cc3C)C2=O)cc1Br. The van der Waals surface area contributed by atoms with Gasteiger partial charge in [0, 0.05) is 0 Å². The highest BCUT2D eigenvalue weighted by atomic mass is 79.9. The van der Waals surface area contributed by atoms with Crippen LogP contribution in [0.5, 0.6) is 5.75 Å². The first-order valence-corrected chi connectivity index (χ1v) is 10.2. The van der Waals surface area contributed by atoms with Crippen LogP contribution in [0.4, 0.5) is 5.69 Å². The monoisotopic (exact) mass is 447 g/mol. The summed E-state index contributed by atoms with van der Waals surface area (Å²) in [6, 6.07) is 11.8. The summed E-state index contributed by atoms with van der Waals surface area (Å²) in [4.78, 5) is 15.2. The topological polar surface area (TPSA) is 29.5 Å². The molecule has 0 spiro atoms. The summed E-state index contributed by atoms with van der Waals surface area (Å²) in [6.45, 7) is 6.57. The first kappa shape index (κ1) is 19.1. The Bertz CT molecular complexity index is 924. The van der Waals surface area contributed by atoms with Crippen LogP contribution >= 0.6 is 39.9 Å². The maximum Gasteiger partial charge on any atom is 0.270 e. The predicted octanol–water partition coefficient (Wildman–Crippen LogP) is 5.87. The van der Waals surface area contributed by atoms with Gasteiger partial charge in [-0.1, -0.05) is 47.7 Å². The first-order chi connectivity index (χ1) is 12.4. The smallest absolute Gasteiger partial charge is 0.270 e. The number of amides is 1. The molecule has 2 aromatic carbocycles. The zero-order valence-corrected chi connectivity index (χ0v) is 17.9. The minimum absolute atomic E-state index is 0.0861. The van der Waals surface area contributed by atoms with E-state index in [2.05, 4.69) is 22.0 Å². The van der Waals surface area contributed by atoms with Crippen molar-refractivity contribution in [3.8, 4) is 5.75 Å². The third-order valence-corrected chi connectivity index (χ3v) is 5.86. The summed E-state index contributed by atoms with van der Waals surface area (Å²) in [5.74, 6) is 0.699. The van der Waals surface area contributed by atoms with Gasteiger partial charge >= 0.3 is 0 Å². The number of thioether (sulfide) groups is 1. The lowest BCUT2D eigenvalue weighted by Crippen LogP contribution is -2.28. The second kappa shape index (κ2) is 7.94. The van der Waals surface area contributed by atoms with Gasteiger partial charge in [-0.15, -0.1) is 0 Å². The highest BCUT2D eigenvalue weighted by Crippen LogP contribution is 2.38. The average molecular weight is 448 g/mol. The highest BCUT2D eigenvalue weighted by molar-refractivity contribution is 9.10. The quantitative estimate of drug-likeness (QED) is 0.432. The van der Waals surface area contributed by atoms with E-state index in [1.807, 2.05) is 57.2 Å². The minimum atomic E-state index is -0.0861. The van der Waals surface area contributed by atoms with Gasteiger partial charge in [-0.25, -0.2) is 0 Å². The fraction of sp³-hybridized carbons (Fsp3) is 0.200. The van der Waals surface area contributed by atoms with Crippen molar-refractivity contribution in [2.45, 2.75) is 20.8 Å². The molecule has 3 rings (SSSR count). The molecule has 2 aromatic rings. The van der Waals surface area contributed by atoms with E-state index in [0.717, 1.165) is 32.6 Å². The van der Waals surface area contributed by atoms with Gasteiger partial charge in [-0.2, -0.15) is 0 Å². The molecular formula is C20H18BrNO2S2. The molecule has 1 amide bonds. The van der Waals surface area contributed by atoms with Crippen LogP contribution in [0, 0.1) is 13.8 Å². The van der Waals surface area contributed by atoms with Gasteiger partial charge in [0.05, 0.1) is 21.7 Å². The van der Waals surface area contributed by atoms with Crippen LogP contribution in [0.3, 0.4) is 0 Å². The molecule has 6 heteroatoms. The Morgan fingerprint density at radius 2 is 2.00 bits per heavy atom. The van der Waals surface area contributed by atoms with E-state index in [9.17, 15) is 4.79 Å². The minimum Gasteiger partial charge on any atom is -0.493 e. The number of halogens is 1. The van der Waals surface area contributed by atoms with Crippen molar-refractivity contribution in [3.05, 3.63) is 62.5 Å². The number of carbonyl (C=O) groups excluding carboxylic acids is 1. The van der Waals surface area contributed by atoms with Crippen LogP contribution in [0.2, 0.25) is 0 Å². The molecule has 1 aliphatic rings. The normalized spacial score (nSPS) is 15.8. The van der Waals surface area contributed by atoms with Crippen molar-refractivity contribution in [1.82, 2.24) is 0 Å². The van der Waals surface area contributed by atoms with Crippen LogP contribution in [0.15, 0.2) is 45.8 Å². The summed E-state index contributed by atoms with van der Waals surface area (Å²) < 4.78 is 6.94. The van der Waals surface area contributed by atoms with Crippen molar-refractivity contribution < 1.29 is 9.53 Å². The lowest BCUT2D eigenvalue weighted by Gasteiger charge is -2.17. The van der Waals surface area contributed by atoms with Crippen LogP contribution in [-0.4, -0.2) is 16.8 Å². The summed E-state index contributed by atoms with van der Waals surface area (Å²) in [6.07, 6.45) is 1.86. The van der Waals surface area contributed by atoms with Crippen LogP contribution in [0.25, 0.3) is 6.08 Å². The molecule has 26 heavy (non-hydrogen) atoms. The van der Waals surface area contributed by atoms with E-state index < -0.39 is 0 Å². The number of anilines is 1. The number of thiocarbonyl (C=S) groups is 1. The van der Waals surface area contributed by atoms with E-state index in [-0.39, 0.29) is 5.91 Å². The molecule has 1 saturated heterocycles. The van der Waals surface area contributed by atoms with E-state index in [1.165, 1.54) is 11.8 Å². The predicted molar refractivity (Wildman–Crippen MR) is 117 cm³/mol. The Balaban J connectivity index is 1.91. The second-order valence-electron chi connectivity index (χ2n) is 5.93. The van der Waals surface area contributed by atoms with Gasteiger partial charge in [0.2, 0.25) is 0 Å². The molecule has 1 fully saturated rings. The van der Waals surface area contributed by atoms with Crippen LogP contribution < -0.4 is 9.64 Å². The highest BCUT2D eigenvalue weighted by Gasteiger charge is 2.34. The van der Waals surface area contributed by atoms with Crippen molar-refractivity contribution in [1.29, 1.82) is 0 Å². The van der Waals surface area contributed by atoms with E-state index in [4.69, 9.17) is 17.0 Å². The second-order valence-corrected chi connectivity index (χ2v) is 8.46. The number of nitrogens with zero attached hydrogens (tertiary/aromatic N) is 1. The molecular weight excluding hydrogens is 430 g/mol. The molecule has 3 nitrogen and oxygen atoms in total. The fourth-order valence-electron chi connectivity index (χ4n) is 2.76. The first-order valence-electron chi connectivity index (χ1n) is 8.18. The molecule has 1 aliphatic heterocycles. The standard InChI is InChI=1S/C20H18BrNO2S2/c1-4-24-17-8-6-14(10-15(17)21)11-18-19(23)22(20(25)26-18)16-7-5-12(2)9-13(16)3/h5-11H,4H2,1-3H3/b18-11+. The van der Waals surface area contributed by atoms with Crippen molar-refractivity contribution in [2.75, 3.05) is 11.5 Å². The Labute approximate surface area is 171 Å². The van der Waals surface area contributed by atoms with Crippen LogP contribution in [-0.2, 0) is 4.79 Å². The largest absolute Gasteiger partial charge is 0.493 e. The summed E-state index contributed by atoms with van der Waals surface area (Å²) >= 11 is 10.3. The Morgan fingerprint density at radius 1 is 1.23 bits per heavy atom. The van der Waals surface area contributed by atoms with Gasteiger partial charge in [-0.3, -0.25) is 9.69 Å². The molecule has 1 heterocycles. The van der Waals surface area contributed by atoms with E-state index in [0.29, 0.717) is 15.8 Å². The van der Waals surface area contributed by atoms with Gasteiger partial charge in [0.15, 0.2) is 4.32 Å². The van der Waals surface area contributed by atoms with Crippen molar-refractivity contribution >= 4 is 61.9 Å². The Kier molecular flexibility index (Phi) is 5.85. The zero-order valence-electron chi connectivity index (χ0n) is 14.7. The lowest BCUT2D eigenvalue weighted by atomic mass is 10.1. The van der Waals surface area contributed by atoms with Crippen LogP contribution in [0.1, 0.15) is 23.6 Å². The molecule has 0 aromatic heterocycles. The molecule has 0 N–H and O–H groups in total. The van der Waals surface area contributed by atoms with Gasteiger partial charge in [0.1, 0.15) is 5.75 Å². The average Bonchev–Trinajstić information content (AvgIpc) is 2.85. The molecule has 0 bridgehead atoms.